The molecule has 0 aliphatic carbocycles. The topological polar surface area (TPSA) is 27.6 Å². The smallest absolute Gasteiger partial charge is 0.194 e. The molecule has 0 aromatic heterocycles. The maximum absolute atomic E-state index is 4.63. The van der Waals surface area contributed by atoms with Gasteiger partial charge in [0.2, 0.25) is 0 Å². The zero-order chi connectivity index (χ0) is 11.5. The Balaban J connectivity index is 1.59. The molecule has 0 saturated carbocycles. The van der Waals surface area contributed by atoms with Crippen LogP contribution in [-0.4, -0.2) is 30.0 Å². The van der Waals surface area contributed by atoms with Crippen molar-refractivity contribution in [1.29, 1.82) is 0 Å². The van der Waals surface area contributed by atoms with Crippen LogP contribution in [0.4, 0.5) is 0 Å². The van der Waals surface area contributed by atoms with Crippen molar-refractivity contribution in [1.82, 2.24) is 10.2 Å². The van der Waals surface area contributed by atoms with Crippen molar-refractivity contribution in [2.45, 2.75) is 31.8 Å². The third-order valence-electron chi connectivity index (χ3n) is 3.64. The second kappa shape index (κ2) is 4.78. The van der Waals surface area contributed by atoms with Gasteiger partial charge in [0.15, 0.2) is 5.96 Å². The van der Waals surface area contributed by atoms with E-state index in [-0.39, 0.29) is 0 Å². The second-order valence-electron chi connectivity index (χ2n) is 4.85. The van der Waals surface area contributed by atoms with Crippen LogP contribution < -0.4 is 5.32 Å². The Kier molecular flexibility index (Phi) is 2.99. The Labute approximate surface area is 103 Å². The largest absolute Gasteiger partial charge is 0.352 e. The Morgan fingerprint density at radius 3 is 3.00 bits per heavy atom. The van der Waals surface area contributed by atoms with Gasteiger partial charge < -0.3 is 10.2 Å². The van der Waals surface area contributed by atoms with Gasteiger partial charge in [-0.15, -0.1) is 0 Å². The Morgan fingerprint density at radius 2 is 2.12 bits per heavy atom. The van der Waals surface area contributed by atoms with Crippen molar-refractivity contribution in [2.75, 3.05) is 13.1 Å². The minimum atomic E-state index is 0.669. The number of rotatable bonds is 2. The van der Waals surface area contributed by atoms with Gasteiger partial charge in [-0.25, -0.2) is 0 Å². The van der Waals surface area contributed by atoms with E-state index in [1.165, 1.54) is 31.4 Å². The number of piperidine rings is 1. The van der Waals surface area contributed by atoms with Gasteiger partial charge >= 0.3 is 0 Å². The first-order chi connectivity index (χ1) is 8.43. The molecule has 3 nitrogen and oxygen atoms in total. The SMILES string of the molecule is c1ccc(CNC2=NC[C@@H]3CCCCN23)cc1. The lowest BCUT2D eigenvalue weighted by atomic mass is 10.0. The highest BCUT2D eigenvalue weighted by molar-refractivity contribution is 5.82. The molecule has 3 heteroatoms. The minimum Gasteiger partial charge on any atom is -0.352 e. The first-order valence-corrected chi connectivity index (χ1v) is 6.52. The van der Waals surface area contributed by atoms with Crippen molar-refractivity contribution in [3.8, 4) is 0 Å². The molecule has 17 heavy (non-hydrogen) atoms. The highest BCUT2D eigenvalue weighted by Gasteiger charge is 2.29. The lowest BCUT2D eigenvalue weighted by Gasteiger charge is -2.32. The maximum atomic E-state index is 4.63. The predicted molar refractivity (Wildman–Crippen MR) is 69.9 cm³/mol. The molecule has 1 fully saturated rings. The predicted octanol–water partition coefficient (Wildman–Crippen LogP) is 2.00. The van der Waals surface area contributed by atoms with Gasteiger partial charge in [0.25, 0.3) is 0 Å². The molecule has 0 unspecified atom stereocenters. The fourth-order valence-electron chi connectivity index (χ4n) is 2.69. The zero-order valence-electron chi connectivity index (χ0n) is 10.1. The maximum Gasteiger partial charge on any atom is 0.194 e. The fraction of sp³-hybridized carbons (Fsp3) is 0.500. The molecule has 2 heterocycles. The van der Waals surface area contributed by atoms with Crippen LogP contribution in [0.3, 0.4) is 0 Å². The summed E-state index contributed by atoms with van der Waals surface area (Å²) in [5.41, 5.74) is 1.32. The van der Waals surface area contributed by atoms with Crippen molar-refractivity contribution in [2.24, 2.45) is 4.99 Å². The van der Waals surface area contributed by atoms with E-state index in [1.807, 2.05) is 0 Å². The zero-order valence-corrected chi connectivity index (χ0v) is 10.1. The van der Waals surface area contributed by atoms with Crippen LogP contribution in [0.1, 0.15) is 24.8 Å². The van der Waals surface area contributed by atoms with Crippen LogP contribution in [0.5, 0.6) is 0 Å². The molecule has 90 valence electrons. The number of aliphatic imine (C=N–C) groups is 1. The lowest BCUT2D eigenvalue weighted by molar-refractivity contribution is 0.262. The van der Waals surface area contributed by atoms with E-state index in [4.69, 9.17) is 0 Å². The van der Waals surface area contributed by atoms with Gasteiger partial charge in [-0.2, -0.15) is 0 Å². The molecule has 1 atom stereocenters. The van der Waals surface area contributed by atoms with Crippen molar-refractivity contribution >= 4 is 5.96 Å². The Hall–Kier alpha value is -1.51. The highest BCUT2D eigenvalue weighted by Crippen LogP contribution is 2.21. The van der Waals surface area contributed by atoms with Crippen LogP contribution >= 0.6 is 0 Å². The molecule has 0 spiro atoms. The van der Waals surface area contributed by atoms with E-state index >= 15 is 0 Å². The normalized spacial score (nSPS) is 23.2. The molecule has 1 N–H and O–H groups in total. The van der Waals surface area contributed by atoms with Gasteiger partial charge in [-0.05, 0) is 24.8 Å². The van der Waals surface area contributed by atoms with Crippen molar-refractivity contribution in [3.05, 3.63) is 35.9 Å². The summed E-state index contributed by atoms with van der Waals surface area (Å²) in [4.78, 5) is 7.08. The first kappa shape index (κ1) is 10.6. The monoisotopic (exact) mass is 229 g/mol. The van der Waals surface area contributed by atoms with E-state index in [9.17, 15) is 0 Å². The Morgan fingerprint density at radius 1 is 1.24 bits per heavy atom. The fourth-order valence-corrected chi connectivity index (χ4v) is 2.69. The number of fused-ring (bicyclic) bond motifs is 1. The molecule has 2 aliphatic rings. The first-order valence-electron chi connectivity index (χ1n) is 6.52. The molecule has 0 bridgehead atoms. The summed E-state index contributed by atoms with van der Waals surface area (Å²) in [6.45, 7) is 3.03. The van der Waals surface area contributed by atoms with Gasteiger partial charge in [-0.1, -0.05) is 30.3 Å². The summed E-state index contributed by atoms with van der Waals surface area (Å²) in [6, 6.07) is 11.2. The lowest BCUT2D eigenvalue weighted by Crippen LogP contribution is -2.45. The molecule has 3 rings (SSSR count). The summed E-state index contributed by atoms with van der Waals surface area (Å²) in [6.07, 6.45) is 3.98. The van der Waals surface area contributed by atoms with Crippen LogP contribution in [0.2, 0.25) is 0 Å². The van der Waals surface area contributed by atoms with E-state index in [0.717, 1.165) is 19.0 Å². The van der Waals surface area contributed by atoms with Crippen LogP contribution in [0.25, 0.3) is 0 Å². The summed E-state index contributed by atoms with van der Waals surface area (Å²) < 4.78 is 0. The number of benzene rings is 1. The molecule has 1 saturated heterocycles. The van der Waals surface area contributed by atoms with E-state index in [0.29, 0.717) is 6.04 Å². The van der Waals surface area contributed by atoms with Gasteiger partial charge in [-0.3, -0.25) is 4.99 Å². The number of nitrogens with zero attached hydrogens (tertiary/aromatic N) is 2. The van der Waals surface area contributed by atoms with E-state index in [1.54, 1.807) is 0 Å². The molecular weight excluding hydrogens is 210 g/mol. The summed E-state index contributed by atoms with van der Waals surface area (Å²) in [7, 11) is 0. The molecule has 0 amide bonds. The van der Waals surface area contributed by atoms with Crippen molar-refractivity contribution < 1.29 is 0 Å². The summed E-state index contributed by atoms with van der Waals surface area (Å²) in [5, 5.41) is 3.47. The third kappa shape index (κ3) is 2.28. The van der Waals surface area contributed by atoms with E-state index < -0.39 is 0 Å². The average molecular weight is 229 g/mol. The van der Waals surface area contributed by atoms with Crippen molar-refractivity contribution in [3.63, 3.8) is 0 Å². The van der Waals surface area contributed by atoms with Crippen LogP contribution in [0.15, 0.2) is 35.3 Å². The number of nitrogens with one attached hydrogen (secondary N) is 1. The van der Waals surface area contributed by atoms with Gasteiger partial charge in [0.05, 0.1) is 12.6 Å². The standard InChI is InChI=1S/C14H19N3/c1-2-6-12(7-3-1)10-15-14-16-11-13-8-4-5-9-17(13)14/h1-3,6-7,13H,4-5,8-11H2,(H,15,16)/t13-/m0/s1. The van der Waals surface area contributed by atoms with Gasteiger partial charge in [0.1, 0.15) is 0 Å². The molecule has 1 aromatic rings. The Bertz CT molecular complexity index is 399. The molecule has 2 aliphatic heterocycles. The molecule has 1 aromatic carbocycles. The minimum absolute atomic E-state index is 0.669. The number of guanidine groups is 1. The van der Waals surface area contributed by atoms with Crippen LogP contribution in [0, 0.1) is 0 Å². The second-order valence-corrected chi connectivity index (χ2v) is 4.85. The summed E-state index contributed by atoms with van der Waals surface area (Å²) >= 11 is 0. The third-order valence-corrected chi connectivity index (χ3v) is 3.64. The molecular formula is C14H19N3. The van der Waals surface area contributed by atoms with E-state index in [2.05, 4.69) is 45.5 Å². The highest BCUT2D eigenvalue weighted by atomic mass is 15.4. The number of hydrogen-bond acceptors (Lipinski definition) is 3. The average Bonchev–Trinajstić information content (AvgIpc) is 2.81. The van der Waals surface area contributed by atoms with Crippen LogP contribution in [-0.2, 0) is 6.54 Å². The summed E-state index contributed by atoms with van der Waals surface area (Å²) in [5.74, 6) is 1.11. The van der Waals surface area contributed by atoms with Gasteiger partial charge in [0, 0.05) is 13.1 Å². The quantitative estimate of drug-likeness (QED) is 0.840. The molecule has 0 radical (unpaired) electrons. The number of hydrogen-bond donors (Lipinski definition) is 1.